The number of carbonyl (C=O) groups is 4. The smallest absolute Gasteiger partial charge is 0.242 e. The Labute approximate surface area is 370 Å². The Bertz CT molecular complexity index is 2300. The molecular weight excluding hydrogens is 801 g/mol. The number of nitrogens with zero attached hydrogens (tertiary/aromatic N) is 2. The first kappa shape index (κ1) is 44.0. The second kappa shape index (κ2) is 16.8. The number of Topliss-reactive ketones (excluding diaryl/α,β-unsaturated/α-hetero) is 4. The number of hydrogen-bond donors (Lipinski definition) is 5. The minimum absolute atomic E-state index is 0.126. The molecule has 3 aromatic rings. The highest BCUT2D eigenvalue weighted by Crippen LogP contribution is 2.54. The van der Waals surface area contributed by atoms with E-state index in [-0.39, 0.29) is 23.5 Å². The molecule has 0 radical (unpaired) electrons. The Hall–Kier alpha value is -4.67. The fourth-order valence-corrected chi connectivity index (χ4v) is 7.69. The molecule has 0 aliphatic carbocycles. The van der Waals surface area contributed by atoms with Crippen LogP contribution in [0.3, 0.4) is 0 Å². The van der Waals surface area contributed by atoms with Gasteiger partial charge in [0.2, 0.25) is 23.4 Å². The number of ether oxygens (including phenoxy) is 4. The molecule has 0 bridgehead atoms. The first-order valence-corrected chi connectivity index (χ1v) is 20.0. The van der Waals surface area contributed by atoms with E-state index >= 15 is 14.4 Å². The zero-order chi connectivity index (χ0) is 50.3. The van der Waals surface area contributed by atoms with E-state index < -0.39 is 120 Å². The summed E-state index contributed by atoms with van der Waals surface area (Å²) in [7, 11) is 2.87. The minimum atomic E-state index is -4.21. The molecular formula is C47H66N2O13. The second-order valence-corrected chi connectivity index (χ2v) is 19.2. The van der Waals surface area contributed by atoms with Crippen molar-refractivity contribution in [2.75, 3.05) is 14.2 Å². The molecule has 15 heteroatoms. The Morgan fingerprint density at radius 3 is 1.84 bits per heavy atom. The molecule has 1 aromatic heterocycles. The Balaban J connectivity index is 2.29. The highest BCUT2D eigenvalue weighted by atomic mass is 16.7. The molecule has 6 atom stereocenters. The number of aromatic nitrogens is 2. The van der Waals surface area contributed by atoms with Gasteiger partial charge >= 0.3 is 0 Å². The molecule has 4 rings (SSSR count). The number of benzene rings is 2. The van der Waals surface area contributed by atoms with Crippen LogP contribution in [-0.4, -0.2) is 108 Å². The standard InChI is InChI=1S/C47H66N2O13/c1-25(2)49-32(26-18-21-29(59-15)22-19-26)30(23-27-17-20-28(50)24-31(27)60-16)36(48-49)62-40-46(57,38(54)43(9,10)11)47(58,39(55)44(12,13)14)45(56,37(53)42(6,7)8)35(61-40)33(51)34(52)41(3,4)5/h17-22,24-25,33,35,40,50-51,56-58H,23H2,1-16H3/t33?,35-,40?,45+,46+,47+/m1/s1/i3D,6D,9D,12D. The van der Waals surface area contributed by atoms with Gasteiger partial charge in [-0.05, 0) is 49.7 Å². The molecule has 2 unspecified atom stereocenters. The van der Waals surface area contributed by atoms with Crippen molar-refractivity contribution in [2.24, 2.45) is 21.7 Å². The predicted octanol–water partition coefficient (Wildman–Crippen LogP) is 5.56. The maximum Gasteiger partial charge on any atom is 0.242 e. The van der Waals surface area contributed by atoms with E-state index in [1.165, 1.54) is 58.7 Å². The molecule has 1 aliphatic heterocycles. The molecule has 1 fully saturated rings. The van der Waals surface area contributed by atoms with Gasteiger partial charge in [-0.25, -0.2) is 0 Å². The van der Waals surface area contributed by atoms with Crippen molar-refractivity contribution in [1.29, 1.82) is 0 Å². The molecule has 0 amide bonds. The number of phenolic OH excluding ortho intramolecular Hbond substituents is 1. The van der Waals surface area contributed by atoms with Gasteiger partial charge in [0.1, 0.15) is 29.5 Å². The van der Waals surface area contributed by atoms with E-state index in [2.05, 4.69) is 0 Å². The number of ketones is 4. The van der Waals surface area contributed by atoms with Gasteiger partial charge in [-0.1, -0.05) is 89.1 Å². The number of aliphatic hydroxyl groups is 4. The van der Waals surface area contributed by atoms with Crippen LogP contribution in [0.2, 0.25) is 0 Å². The summed E-state index contributed by atoms with van der Waals surface area (Å²) < 4.78 is 58.5. The topological polar surface area (TPSA) is 224 Å². The number of methoxy groups -OCH3 is 2. The quantitative estimate of drug-likeness (QED) is 0.142. The normalized spacial score (nSPS) is 24.9. The fraction of sp³-hybridized carbons (Fsp3) is 0.596. The third-order valence-electron chi connectivity index (χ3n) is 10.9. The first-order valence-electron chi connectivity index (χ1n) is 22.9. The summed E-state index contributed by atoms with van der Waals surface area (Å²) in [5.74, 6) is -5.91. The summed E-state index contributed by atoms with van der Waals surface area (Å²) >= 11 is 0. The van der Waals surface area contributed by atoms with E-state index in [0.29, 0.717) is 22.6 Å². The van der Waals surface area contributed by atoms with Gasteiger partial charge < -0.3 is 44.5 Å². The predicted molar refractivity (Wildman–Crippen MR) is 230 cm³/mol. The lowest BCUT2D eigenvalue weighted by molar-refractivity contribution is -0.363. The van der Waals surface area contributed by atoms with Gasteiger partial charge in [-0.2, -0.15) is 0 Å². The van der Waals surface area contributed by atoms with Crippen molar-refractivity contribution in [3.05, 3.63) is 53.6 Å². The second-order valence-electron chi connectivity index (χ2n) is 19.2. The fourth-order valence-electron chi connectivity index (χ4n) is 7.69. The number of hydrogen-bond acceptors (Lipinski definition) is 14. The number of carbonyl (C=O) groups excluding carboxylic acids is 4. The van der Waals surface area contributed by atoms with Crippen LogP contribution in [0.1, 0.15) is 119 Å². The number of rotatable bonds is 13. The van der Waals surface area contributed by atoms with Crippen LogP contribution in [0.15, 0.2) is 42.5 Å². The molecule has 2 aromatic carbocycles. The zero-order valence-electron chi connectivity index (χ0n) is 41.8. The Morgan fingerprint density at radius 1 is 0.806 bits per heavy atom. The van der Waals surface area contributed by atoms with Crippen LogP contribution >= 0.6 is 0 Å². The monoisotopic (exact) mass is 870 g/mol. The van der Waals surface area contributed by atoms with E-state index in [1.54, 1.807) is 44.2 Å². The molecule has 2 heterocycles. The van der Waals surface area contributed by atoms with Gasteiger partial charge in [0.25, 0.3) is 0 Å². The number of aromatic hydroxyl groups is 1. The number of phenols is 1. The average molecular weight is 871 g/mol. The van der Waals surface area contributed by atoms with Gasteiger partial charge in [0, 0.05) is 56.8 Å². The summed E-state index contributed by atoms with van der Waals surface area (Å²) in [4.78, 5) is 60.0. The molecule has 1 aliphatic rings. The van der Waals surface area contributed by atoms with E-state index in [4.69, 9.17) is 29.5 Å². The largest absolute Gasteiger partial charge is 0.508 e. The molecule has 1 saturated heterocycles. The summed E-state index contributed by atoms with van der Waals surface area (Å²) in [6.45, 7) is 9.89. The van der Waals surface area contributed by atoms with Gasteiger partial charge in [0.05, 0.1) is 19.9 Å². The summed E-state index contributed by atoms with van der Waals surface area (Å²) in [5.41, 5.74) is -18.7. The maximum absolute atomic E-state index is 15.4. The first-order chi connectivity index (χ1) is 30.4. The van der Waals surface area contributed by atoms with E-state index in [0.717, 1.165) is 27.7 Å². The Kier molecular flexibility index (Phi) is 11.9. The lowest BCUT2D eigenvalue weighted by Crippen LogP contribution is -2.90. The van der Waals surface area contributed by atoms with Crippen LogP contribution in [0.5, 0.6) is 23.1 Å². The Morgan fingerprint density at radius 2 is 1.34 bits per heavy atom. The van der Waals surface area contributed by atoms with Crippen LogP contribution in [0, 0.1) is 21.7 Å². The average Bonchev–Trinajstić information content (AvgIpc) is 3.65. The van der Waals surface area contributed by atoms with Gasteiger partial charge in [0.15, 0.2) is 28.7 Å². The van der Waals surface area contributed by atoms with Crippen molar-refractivity contribution < 1.29 is 69.1 Å². The minimum Gasteiger partial charge on any atom is -0.508 e. The highest BCUT2D eigenvalue weighted by molar-refractivity contribution is 6.10. The van der Waals surface area contributed by atoms with Gasteiger partial charge in [-0.15, -0.1) is 5.10 Å². The number of aliphatic hydroxyl groups excluding tert-OH is 1. The SMILES string of the molecule is [2H]CC(C)(C)C(=O)C(O)[C@H]1OC(Oc2nn(C(C)C)c(-c3ccc(OC)cc3)c2Cc2ccc(O)cc2OC)[C@@](O)(C(=O)C(C)(C)C[2H])[C@](O)(C(=O)C(C)(C)C[2H])[C@@]1(O)C(=O)C(C)(C)C[2H]. The van der Waals surface area contributed by atoms with Gasteiger partial charge in [-0.3, -0.25) is 23.9 Å². The van der Waals surface area contributed by atoms with Crippen molar-refractivity contribution in [1.82, 2.24) is 9.78 Å². The summed E-state index contributed by atoms with van der Waals surface area (Å²) in [6.07, 6.45) is -8.43. The van der Waals surface area contributed by atoms with Crippen molar-refractivity contribution in [3.63, 3.8) is 0 Å². The summed E-state index contributed by atoms with van der Waals surface area (Å²) in [5, 5.41) is 67.7. The molecule has 15 nitrogen and oxygen atoms in total. The van der Waals surface area contributed by atoms with E-state index in [9.17, 15) is 30.3 Å². The van der Waals surface area contributed by atoms with Crippen molar-refractivity contribution in [2.45, 2.75) is 145 Å². The summed E-state index contributed by atoms with van der Waals surface area (Å²) in [6, 6.07) is 10.6. The third-order valence-corrected chi connectivity index (χ3v) is 10.9. The molecule has 62 heavy (non-hydrogen) atoms. The van der Waals surface area contributed by atoms with Crippen molar-refractivity contribution >= 4 is 23.1 Å². The highest BCUT2D eigenvalue weighted by Gasteiger charge is 2.84. The lowest BCUT2D eigenvalue weighted by Gasteiger charge is -2.61. The van der Waals surface area contributed by atoms with Crippen LogP contribution in [-0.2, 0) is 30.3 Å². The van der Waals surface area contributed by atoms with Crippen LogP contribution in [0.25, 0.3) is 11.3 Å². The van der Waals surface area contributed by atoms with Crippen molar-refractivity contribution in [3.8, 4) is 34.4 Å². The third kappa shape index (κ3) is 8.54. The van der Waals surface area contributed by atoms with Crippen LogP contribution in [0.4, 0.5) is 0 Å². The van der Waals surface area contributed by atoms with Crippen LogP contribution < -0.4 is 14.2 Å². The molecule has 0 saturated carbocycles. The molecule has 0 spiro atoms. The molecule has 5 N–H and O–H groups in total. The lowest BCUT2D eigenvalue weighted by atomic mass is 9.52. The van der Waals surface area contributed by atoms with E-state index in [1.807, 2.05) is 0 Å². The molecule has 342 valence electrons. The zero-order valence-corrected chi connectivity index (χ0v) is 37.8. The maximum atomic E-state index is 15.4.